The number of nitro groups is 1. The van der Waals surface area contributed by atoms with Crippen molar-refractivity contribution in [1.82, 2.24) is 10.4 Å². The van der Waals surface area contributed by atoms with Gasteiger partial charge in [-0.25, -0.2) is 5.43 Å². The molecule has 110 valence electrons. The maximum atomic E-state index is 11.6. The summed E-state index contributed by atoms with van der Waals surface area (Å²) in [5.74, 6) is -0.434. The van der Waals surface area contributed by atoms with E-state index in [1.165, 1.54) is 30.6 Å². The van der Waals surface area contributed by atoms with Crippen molar-refractivity contribution in [2.45, 2.75) is 0 Å². The van der Waals surface area contributed by atoms with Gasteiger partial charge in [0.2, 0.25) is 0 Å². The topological polar surface area (TPSA) is 97.5 Å². The highest BCUT2D eigenvalue weighted by atomic mass is 16.6. The Labute approximate surface area is 126 Å². The quantitative estimate of drug-likeness (QED) is 0.520. The summed E-state index contributed by atoms with van der Waals surface area (Å²) in [7, 11) is 0. The fourth-order valence-corrected chi connectivity index (χ4v) is 1.63. The summed E-state index contributed by atoms with van der Waals surface area (Å²) in [5, 5.41) is 14.5. The lowest BCUT2D eigenvalue weighted by atomic mass is 10.2. The smallest absolute Gasteiger partial charge is 0.266 e. The van der Waals surface area contributed by atoms with Crippen molar-refractivity contribution in [1.29, 1.82) is 0 Å². The molecule has 1 amide bonds. The molecule has 0 fully saturated rings. The molecule has 1 aromatic heterocycles. The number of nitrogens with one attached hydrogen (secondary N) is 1. The van der Waals surface area contributed by atoms with Gasteiger partial charge in [0.15, 0.2) is 0 Å². The summed E-state index contributed by atoms with van der Waals surface area (Å²) in [6, 6.07) is 11.3. The molecule has 0 bridgehead atoms. The average Bonchev–Trinajstić information content (AvgIpc) is 2.55. The third-order valence-corrected chi connectivity index (χ3v) is 2.63. The van der Waals surface area contributed by atoms with E-state index in [1.54, 1.807) is 36.4 Å². The Morgan fingerprint density at radius 2 is 2.00 bits per heavy atom. The number of aromatic nitrogens is 1. The van der Waals surface area contributed by atoms with Crippen LogP contribution in [0.1, 0.15) is 16.1 Å². The van der Waals surface area contributed by atoms with Gasteiger partial charge < -0.3 is 0 Å². The van der Waals surface area contributed by atoms with Crippen molar-refractivity contribution in [3.8, 4) is 0 Å². The van der Waals surface area contributed by atoms with E-state index in [4.69, 9.17) is 0 Å². The van der Waals surface area contributed by atoms with E-state index >= 15 is 0 Å². The molecule has 0 saturated heterocycles. The van der Waals surface area contributed by atoms with Crippen LogP contribution in [0.25, 0.3) is 6.08 Å². The van der Waals surface area contributed by atoms with Crippen LogP contribution in [0.4, 0.5) is 5.69 Å². The second-order valence-corrected chi connectivity index (χ2v) is 4.11. The molecular weight excluding hydrogens is 284 g/mol. The van der Waals surface area contributed by atoms with Crippen LogP contribution in [-0.4, -0.2) is 22.0 Å². The van der Waals surface area contributed by atoms with Crippen LogP contribution in [0.2, 0.25) is 0 Å². The van der Waals surface area contributed by atoms with Crippen LogP contribution in [-0.2, 0) is 0 Å². The van der Waals surface area contributed by atoms with Crippen molar-refractivity contribution in [3.05, 3.63) is 76.1 Å². The first kappa shape index (κ1) is 15.0. The van der Waals surface area contributed by atoms with E-state index in [1.807, 2.05) is 0 Å². The molecule has 0 radical (unpaired) electrons. The summed E-state index contributed by atoms with van der Waals surface area (Å²) < 4.78 is 0. The maximum absolute atomic E-state index is 11.6. The van der Waals surface area contributed by atoms with Crippen molar-refractivity contribution < 1.29 is 9.72 Å². The Balaban J connectivity index is 1.96. The number of hydrogen-bond donors (Lipinski definition) is 1. The monoisotopic (exact) mass is 296 g/mol. The molecular formula is C15H12N4O3. The van der Waals surface area contributed by atoms with Gasteiger partial charge in [0.05, 0.1) is 10.5 Å². The van der Waals surface area contributed by atoms with Gasteiger partial charge in [-0.15, -0.1) is 0 Å². The number of carbonyl (C=O) groups excluding carboxylic acids is 1. The Kier molecular flexibility index (Phi) is 5.09. The van der Waals surface area contributed by atoms with E-state index in [-0.39, 0.29) is 11.4 Å². The summed E-state index contributed by atoms with van der Waals surface area (Å²) in [6.45, 7) is 0. The lowest BCUT2D eigenvalue weighted by Crippen LogP contribution is -2.18. The lowest BCUT2D eigenvalue weighted by molar-refractivity contribution is -0.385. The third-order valence-electron chi connectivity index (χ3n) is 2.63. The highest BCUT2D eigenvalue weighted by molar-refractivity contribution is 5.92. The number of nitrogens with zero attached hydrogens (tertiary/aromatic N) is 3. The number of nitro benzene ring substituents is 1. The molecule has 0 aliphatic heterocycles. The van der Waals surface area contributed by atoms with Crippen LogP contribution < -0.4 is 5.43 Å². The Morgan fingerprint density at radius 1 is 1.23 bits per heavy atom. The molecule has 1 N–H and O–H groups in total. The molecule has 0 atom stereocenters. The number of carbonyl (C=O) groups is 1. The third kappa shape index (κ3) is 4.07. The van der Waals surface area contributed by atoms with Crippen LogP contribution in [0.3, 0.4) is 0 Å². The number of rotatable bonds is 5. The zero-order valence-corrected chi connectivity index (χ0v) is 11.4. The van der Waals surface area contributed by atoms with Gasteiger partial charge in [-0.3, -0.25) is 19.9 Å². The molecule has 7 heteroatoms. The minimum atomic E-state index is -0.459. The van der Waals surface area contributed by atoms with Gasteiger partial charge in [0.1, 0.15) is 5.69 Å². The summed E-state index contributed by atoms with van der Waals surface area (Å²) in [4.78, 5) is 25.9. The number of hydrogen-bond acceptors (Lipinski definition) is 5. The van der Waals surface area contributed by atoms with Crippen LogP contribution in [0.15, 0.2) is 59.8 Å². The molecule has 7 nitrogen and oxygen atoms in total. The number of pyridine rings is 1. The fraction of sp³-hybridized carbons (Fsp3) is 0. The summed E-state index contributed by atoms with van der Waals surface area (Å²) >= 11 is 0. The second-order valence-electron chi connectivity index (χ2n) is 4.11. The first-order chi connectivity index (χ1) is 10.7. The number of para-hydroxylation sites is 1. The molecule has 0 unspecified atom stereocenters. The molecule has 22 heavy (non-hydrogen) atoms. The van der Waals surface area contributed by atoms with E-state index in [2.05, 4.69) is 15.5 Å². The van der Waals surface area contributed by atoms with Gasteiger partial charge in [-0.2, -0.15) is 5.10 Å². The Hall–Kier alpha value is -3.35. The zero-order valence-electron chi connectivity index (χ0n) is 11.4. The summed E-state index contributed by atoms with van der Waals surface area (Å²) in [6.07, 6.45) is 5.88. The van der Waals surface area contributed by atoms with Crippen molar-refractivity contribution in [2.24, 2.45) is 5.10 Å². The van der Waals surface area contributed by atoms with E-state index < -0.39 is 10.8 Å². The second kappa shape index (κ2) is 7.44. The Bertz CT molecular complexity index is 727. The predicted molar refractivity (Wildman–Crippen MR) is 82.3 cm³/mol. The average molecular weight is 296 g/mol. The van der Waals surface area contributed by atoms with Crippen LogP contribution >= 0.6 is 0 Å². The number of amides is 1. The molecule has 0 spiro atoms. The minimum Gasteiger partial charge on any atom is -0.266 e. The number of benzene rings is 1. The standard InChI is InChI=1S/C15H12N4O3/c20-15(13-8-3-4-10-16-13)18-17-11-5-7-12-6-1-2-9-14(12)19(21)22/h1-11H,(H,18,20)/b7-5-,17-11?. The van der Waals surface area contributed by atoms with Gasteiger partial charge in [-0.1, -0.05) is 18.2 Å². The molecule has 1 aromatic carbocycles. The van der Waals surface area contributed by atoms with E-state index in [0.29, 0.717) is 5.56 Å². The maximum Gasteiger partial charge on any atom is 0.289 e. The van der Waals surface area contributed by atoms with Crippen molar-refractivity contribution in [2.75, 3.05) is 0 Å². The van der Waals surface area contributed by atoms with Crippen LogP contribution in [0.5, 0.6) is 0 Å². The molecule has 2 aromatic rings. The van der Waals surface area contributed by atoms with Gasteiger partial charge in [0.25, 0.3) is 11.6 Å². The zero-order chi connectivity index (χ0) is 15.8. The number of allylic oxidation sites excluding steroid dienone is 1. The van der Waals surface area contributed by atoms with Gasteiger partial charge >= 0.3 is 0 Å². The van der Waals surface area contributed by atoms with Crippen molar-refractivity contribution in [3.63, 3.8) is 0 Å². The highest BCUT2D eigenvalue weighted by Crippen LogP contribution is 2.18. The largest absolute Gasteiger partial charge is 0.289 e. The normalized spacial score (nSPS) is 10.9. The van der Waals surface area contributed by atoms with Crippen LogP contribution in [0, 0.1) is 10.1 Å². The number of hydrazone groups is 1. The van der Waals surface area contributed by atoms with Crippen molar-refractivity contribution >= 4 is 23.9 Å². The molecule has 0 aliphatic rings. The first-order valence-corrected chi connectivity index (χ1v) is 6.33. The van der Waals surface area contributed by atoms with E-state index in [0.717, 1.165) is 0 Å². The first-order valence-electron chi connectivity index (χ1n) is 6.33. The summed E-state index contributed by atoms with van der Waals surface area (Å²) in [5.41, 5.74) is 3.02. The minimum absolute atomic E-state index is 0.00433. The SMILES string of the molecule is O=C(NN=C/C=C\c1ccccc1[N+](=O)[O-])c1ccccn1. The molecule has 0 aliphatic carbocycles. The molecule has 0 saturated carbocycles. The fourth-order valence-electron chi connectivity index (χ4n) is 1.63. The lowest BCUT2D eigenvalue weighted by Gasteiger charge is -1.97. The van der Waals surface area contributed by atoms with Gasteiger partial charge in [0, 0.05) is 18.5 Å². The molecule has 1 heterocycles. The Morgan fingerprint density at radius 3 is 2.73 bits per heavy atom. The highest BCUT2D eigenvalue weighted by Gasteiger charge is 2.08. The van der Waals surface area contributed by atoms with E-state index in [9.17, 15) is 14.9 Å². The molecule has 2 rings (SSSR count). The van der Waals surface area contributed by atoms with Gasteiger partial charge in [-0.05, 0) is 30.4 Å². The predicted octanol–water partition coefficient (Wildman–Crippen LogP) is 2.42.